The molecule has 3 aromatic rings. The molecule has 0 radical (unpaired) electrons. The van der Waals surface area contributed by atoms with Crippen LogP contribution in [0.4, 0.5) is 0 Å². The second-order valence-electron chi connectivity index (χ2n) is 5.41. The van der Waals surface area contributed by atoms with Crippen molar-refractivity contribution < 1.29 is 9.53 Å². The minimum Gasteiger partial charge on any atom is -0.497 e. The standard InChI is InChI=1S/C17H16ClN5O3/c1-26-13-6-4-5-12(9-13)10-19-16(24)11-22-17(25)23(21-20-22)15-8-3-2-7-14(15)18/h2-9H,10-11H2,1H3,(H,19,24). The van der Waals surface area contributed by atoms with Crippen molar-refractivity contribution in [3.8, 4) is 11.4 Å². The zero-order valence-corrected chi connectivity index (χ0v) is 14.7. The first-order chi connectivity index (χ1) is 12.6. The van der Waals surface area contributed by atoms with Crippen molar-refractivity contribution in [2.45, 2.75) is 13.1 Å². The third-order valence-electron chi connectivity index (χ3n) is 3.64. The number of tetrazole rings is 1. The molecule has 26 heavy (non-hydrogen) atoms. The van der Waals surface area contributed by atoms with Crippen LogP contribution in [0, 0.1) is 0 Å². The molecule has 1 N–H and O–H groups in total. The van der Waals surface area contributed by atoms with Crippen molar-refractivity contribution in [3.63, 3.8) is 0 Å². The number of carbonyl (C=O) groups is 1. The molecule has 134 valence electrons. The normalized spacial score (nSPS) is 10.5. The number of para-hydroxylation sites is 1. The summed E-state index contributed by atoms with van der Waals surface area (Å²) in [4.78, 5) is 24.5. The molecule has 0 aliphatic carbocycles. The number of carbonyl (C=O) groups excluding carboxylic acids is 1. The summed E-state index contributed by atoms with van der Waals surface area (Å²) in [5.41, 5.74) is 0.738. The summed E-state index contributed by atoms with van der Waals surface area (Å²) in [5, 5.41) is 10.6. The summed E-state index contributed by atoms with van der Waals surface area (Å²) in [6.07, 6.45) is 0. The predicted molar refractivity (Wildman–Crippen MR) is 95.5 cm³/mol. The number of amides is 1. The molecule has 8 nitrogen and oxygen atoms in total. The molecular formula is C17H16ClN5O3. The lowest BCUT2D eigenvalue weighted by molar-refractivity contribution is -0.122. The van der Waals surface area contributed by atoms with Crippen LogP contribution < -0.4 is 15.7 Å². The van der Waals surface area contributed by atoms with E-state index in [0.717, 1.165) is 14.9 Å². The van der Waals surface area contributed by atoms with Crippen LogP contribution in [-0.4, -0.2) is 32.8 Å². The Labute approximate surface area is 153 Å². The maximum Gasteiger partial charge on any atom is 0.369 e. The molecule has 0 bridgehead atoms. The number of halogens is 1. The molecule has 0 spiro atoms. The van der Waals surface area contributed by atoms with Crippen LogP contribution in [-0.2, 0) is 17.9 Å². The van der Waals surface area contributed by atoms with Gasteiger partial charge in [0.15, 0.2) is 0 Å². The number of nitrogens with one attached hydrogen (secondary N) is 1. The van der Waals surface area contributed by atoms with Crippen molar-refractivity contribution in [2.24, 2.45) is 0 Å². The molecule has 0 atom stereocenters. The maximum absolute atomic E-state index is 12.4. The van der Waals surface area contributed by atoms with Gasteiger partial charge in [0.05, 0.1) is 17.8 Å². The Kier molecular flexibility index (Phi) is 5.33. The topological polar surface area (TPSA) is 91.0 Å². The van der Waals surface area contributed by atoms with E-state index < -0.39 is 5.69 Å². The zero-order chi connectivity index (χ0) is 18.5. The second kappa shape index (κ2) is 7.83. The molecule has 0 unspecified atom stereocenters. The molecule has 2 aromatic carbocycles. The molecule has 1 heterocycles. The molecule has 3 rings (SSSR count). The van der Waals surface area contributed by atoms with E-state index in [9.17, 15) is 9.59 Å². The number of hydrogen-bond donors (Lipinski definition) is 1. The SMILES string of the molecule is COc1cccc(CNC(=O)Cn2nnn(-c3ccccc3Cl)c2=O)c1. The van der Waals surface area contributed by atoms with Crippen LogP contribution >= 0.6 is 11.6 Å². The van der Waals surface area contributed by atoms with Crippen LogP contribution in [0.3, 0.4) is 0 Å². The van der Waals surface area contributed by atoms with Crippen molar-refractivity contribution >= 4 is 17.5 Å². The fourth-order valence-electron chi connectivity index (χ4n) is 2.32. The van der Waals surface area contributed by atoms with E-state index in [1.807, 2.05) is 24.3 Å². The van der Waals surface area contributed by atoms with E-state index in [4.69, 9.17) is 16.3 Å². The number of rotatable bonds is 6. The minimum absolute atomic E-state index is 0.243. The number of methoxy groups -OCH3 is 1. The maximum atomic E-state index is 12.4. The lowest BCUT2D eigenvalue weighted by Gasteiger charge is -2.06. The lowest BCUT2D eigenvalue weighted by atomic mass is 10.2. The molecular weight excluding hydrogens is 358 g/mol. The molecule has 9 heteroatoms. The average molecular weight is 374 g/mol. The summed E-state index contributed by atoms with van der Waals surface area (Å²) in [6.45, 7) is 0.0662. The first kappa shape index (κ1) is 17.7. The van der Waals surface area contributed by atoms with E-state index >= 15 is 0 Å². The quantitative estimate of drug-likeness (QED) is 0.705. The van der Waals surface area contributed by atoms with Gasteiger partial charge in [-0.05, 0) is 40.3 Å². The van der Waals surface area contributed by atoms with Gasteiger partial charge in [-0.25, -0.2) is 4.79 Å². The van der Waals surface area contributed by atoms with Gasteiger partial charge in [-0.2, -0.15) is 9.36 Å². The summed E-state index contributed by atoms with van der Waals surface area (Å²) in [6, 6.07) is 14.1. The fraction of sp³-hybridized carbons (Fsp3) is 0.176. The predicted octanol–water partition coefficient (Wildman–Crippen LogP) is 1.41. The van der Waals surface area contributed by atoms with Crippen LogP contribution in [0.25, 0.3) is 5.69 Å². The van der Waals surface area contributed by atoms with Gasteiger partial charge in [0.2, 0.25) is 5.91 Å². The Morgan fingerprint density at radius 1 is 1.19 bits per heavy atom. The van der Waals surface area contributed by atoms with Gasteiger partial charge in [-0.3, -0.25) is 4.79 Å². The summed E-state index contributed by atoms with van der Waals surface area (Å²) < 4.78 is 7.17. The van der Waals surface area contributed by atoms with Gasteiger partial charge < -0.3 is 10.1 Å². The van der Waals surface area contributed by atoms with Crippen molar-refractivity contribution in [3.05, 3.63) is 69.6 Å². The van der Waals surface area contributed by atoms with Gasteiger partial charge in [0.25, 0.3) is 0 Å². The number of benzene rings is 2. The highest BCUT2D eigenvalue weighted by Crippen LogP contribution is 2.16. The highest BCUT2D eigenvalue weighted by Gasteiger charge is 2.13. The third-order valence-corrected chi connectivity index (χ3v) is 3.96. The summed E-state index contributed by atoms with van der Waals surface area (Å²) in [5.74, 6) is 0.344. The van der Waals surface area contributed by atoms with E-state index in [2.05, 4.69) is 15.7 Å². The van der Waals surface area contributed by atoms with Crippen molar-refractivity contribution in [2.75, 3.05) is 7.11 Å². The molecule has 0 saturated carbocycles. The molecule has 1 aromatic heterocycles. The van der Waals surface area contributed by atoms with Crippen LogP contribution in [0.1, 0.15) is 5.56 Å². The van der Waals surface area contributed by atoms with Crippen molar-refractivity contribution in [1.29, 1.82) is 0 Å². The van der Waals surface area contributed by atoms with Crippen molar-refractivity contribution in [1.82, 2.24) is 25.1 Å². The van der Waals surface area contributed by atoms with Gasteiger partial charge >= 0.3 is 5.69 Å². The highest BCUT2D eigenvalue weighted by atomic mass is 35.5. The summed E-state index contributed by atoms with van der Waals surface area (Å²) >= 11 is 6.06. The number of ether oxygens (including phenoxy) is 1. The zero-order valence-electron chi connectivity index (χ0n) is 13.9. The number of hydrogen-bond acceptors (Lipinski definition) is 5. The minimum atomic E-state index is -0.547. The largest absolute Gasteiger partial charge is 0.497 e. The summed E-state index contributed by atoms with van der Waals surface area (Å²) in [7, 11) is 1.58. The molecule has 0 aliphatic rings. The van der Waals surface area contributed by atoms with Gasteiger partial charge in [-0.15, -0.1) is 0 Å². The van der Waals surface area contributed by atoms with Crippen LogP contribution in [0.2, 0.25) is 5.02 Å². The Balaban J connectivity index is 1.67. The van der Waals surface area contributed by atoms with Gasteiger partial charge in [0.1, 0.15) is 12.3 Å². The van der Waals surface area contributed by atoms with Gasteiger partial charge in [0, 0.05) is 6.54 Å². The molecule has 1 amide bonds. The number of aromatic nitrogens is 4. The first-order valence-corrected chi connectivity index (χ1v) is 8.13. The van der Waals surface area contributed by atoms with E-state index in [-0.39, 0.29) is 12.5 Å². The Morgan fingerprint density at radius 3 is 2.77 bits per heavy atom. The Morgan fingerprint density at radius 2 is 2.00 bits per heavy atom. The van der Waals surface area contributed by atoms with E-state index in [1.165, 1.54) is 0 Å². The molecule has 0 aliphatic heterocycles. The third kappa shape index (κ3) is 3.92. The van der Waals surface area contributed by atoms with E-state index in [0.29, 0.717) is 23.0 Å². The Hall–Kier alpha value is -3.13. The van der Waals surface area contributed by atoms with Gasteiger partial charge in [-0.1, -0.05) is 35.9 Å². The average Bonchev–Trinajstić information content (AvgIpc) is 3.01. The molecule has 0 saturated heterocycles. The highest BCUT2D eigenvalue weighted by molar-refractivity contribution is 6.32. The number of nitrogens with zero attached hydrogens (tertiary/aromatic N) is 4. The monoisotopic (exact) mass is 373 g/mol. The van der Waals surface area contributed by atoms with Crippen LogP contribution in [0.15, 0.2) is 53.3 Å². The smallest absolute Gasteiger partial charge is 0.369 e. The Bertz CT molecular complexity index is 982. The second-order valence-corrected chi connectivity index (χ2v) is 5.82. The first-order valence-electron chi connectivity index (χ1n) is 7.76. The lowest BCUT2D eigenvalue weighted by Crippen LogP contribution is -2.33. The fourth-order valence-corrected chi connectivity index (χ4v) is 2.54. The van der Waals surface area contributed by atoms with E-state index in [1.54, 1.807) is 31.4 Å². The van der Waals surface area contributed by atoms with Crippen LogP contribution in [0.5, 0.6) is 5.75 Å². The molecule has 0 fully saturated rings.